The third-order valence-electron chi connectivity index (χ3n) is 4.63. The molecule has 0 rings (SSSR count). The van der Waals surface area contributed by atoms with E-state index < -0.39 is 5.97 Å². The van der Waals surface area contributed by atoms with Gasteiger partial charge in [0.25, 0.3) is 0 Å². The molecule has 0 aromatic rings. The van der Waals surface area contributed by atoms with Gasteiger partial charge in [-0.25, -0.2) is 0 Å². The molecule has 0 saturated carbocycles. The van der Waals surface area contributed by atoms with Crippen molar-refractivity contribution < 1.29 is 19.4 Å². The van der Waals surface area contributed by atoms with Gasteiger partial charge in [-0.1, -0.05) is 71.1 Å². The predicted molar refractivity (Wildman–Crippen MR) is 103 cm³/mol. The van der Waals surface area contributed by atoms with Gasteiger partial charge in [0.2, 0.25) is 0 Å². The van der Waals surface area contributed by atoms with E-state index in [4.69, 9.17) is 9.84 Å². The molecule has 4 heteroatoms. The smallest absolute Gasteiger partial charge is 0.303 e. The summed E-state index contributed by atoms with van der Waals surface area (Å²) in [7, 11) is 0. The van der Waals surface area contributed by atoms with Crippen molar-refractivity contribution in [1.82, 2.24) is 0 Å². The van der Waals surface area contributed by atoms with E-state index in [1.165, 1.54) is 51.9 Å². The normalized spacial score (nSPS) is 12.1. The Morgan fingerprint density at radius 2 is 1.20 bits per heavy atom. The van der Waals surface area contributed by atoms with Gasteiger partial charge in [-0.05, 0) is 32.1 Å². The van der Waals surface area contributed by atoms with E-state index in [-0.39, 0.29) is 18.5 Å². The second kappa shape index (κ2) is 17.8. The van der Waals surface area contributed by atoms with Gasteiger partial charge >= 0.3 is 11.9 Å². The number of hydrogen-bond acceptors (Lipinski definition) is 3. The number of carboxylic acids is 1. The molecule has 0 radical (unpaired) electrons. The summed E-state index contributed by atoms with van der Waals surface area (Å²) in [4.78, 5) is 21.7. The second-order valence-electron chi connectivity index (χ2n) is 7.20. The Labute approximate surface area is 154 Å². The van der Waals surface area contributed by atoms with Crippen LogP contribution in [0.2, 0.25) is 0 Å². The first-order valence-electron chi connectivity index (χ1n) is 10.4. The number of carbonyl (C=O) groups excluding carboxylic acids is 1. The highest BCUT2D eigenvalue weighted by Gasteiger charge is 2.11. The van der Waals surface area contributed by atoms with Crippen molar-refractivity contribution in [2.75, 3.05) is 0 Å². The van der Waals surface area contributed by atoms with Crippen LogP contribution < -0.4 is 0 Å². The molecule has 0 amide bonds. The van der Waals surface area contributed by atoms with Gasteiger partial charge in [0.15, 0.2) is 0 Å². The van der Waals surface area contributed by atoms with E-state index in [0.29, 0.717) is 0 Å². The highest BCUT2D eigenvalue weighted by atomic mass is 16.5. The van der Waals surface area contributed by atoms with Crippen molar-refractivity contribution in [1.29, 1.82) is 0 Å². The van der Waals surface area contributed by atoms with Gasteiger partial charge in [0.1, 0.15) is 6.10 Å². The summed E-state index contributed by atoms with van der Waals surface area (Å²) in [6.45, 7) is 3.73. The van der Waals surface area contributed by atoms with Crippen LogP contribution in [0.3, 0.4) is 0 Å². The minimum atomic E-state index is -0.708. The lowest BCUT2D eigenvalue weighted by atomic mass is 10.0. The number of ether oxygens (including phenoxy) is 1. The number of rotatable bonds is 18. The molecule has 148 valence electrons. The predicted octanol–water partition coefficient (Wildman–Crippen LogP) is 6.26. The topological polar surface area (TPSA) is 63.6 Å². The third-order valence-corrected chi connectivity index (χ3v) is 4.63. The van der Waals surface area contributed by atoms with E-state index >= 15 is 0 Å². The van der Waals surface area contributed by atoms with Crippen LogP contribution in [0.25, 0.3) is 0 Å². The maximum absolute atomic E-state index is 11.2. The summed E-state index contributed by atoms with van der Waals surface area (Å²) in [5, 5.41) is 8.60. The van der Waals surface area contributed by atoms with Gasteiger partial charge in [-0.15, -0.1) is 0 Å². The Morgan fingerprint density at radius 1 is 0.760 bits per heavy atom. The Kier molecular flexibility index (Phi) is 17.0. The molecule has 0 aliphatic heterocycles. The largest absolute Gasteiger partial charge is 0.481 e. The van der Waals surface area contributed by atoms with Crippen molar-refractivity contribution in [3.63, 3.8) is 0 Å². The van der Waals surface area contributed by atoms with Gasteiger partial charge in [-0.2, -0.15) is 0 Å². The molecule has 0 aliphatic carbocycles. The molecule has 0 fully saturated rings. The van der Waals surface area contributed by atoms with E-state index in [0.717, 1.165) is 51.4 Å². The van der Waals surface area contributed by atoms with E-state index in [9.17, 15) is 9.59 Å². The van der Waals surface area contributed by atoms with Crippen LogP contribution in [0, 0.1) is 0 Å². The number of aliphatic carboxylic acids is 1. The zero-order valence-corrected chi connectivity index (χ0v) is 16.6. The molecule has 0 saturated heterocycles. The molecule has 0 spiro atoms. The molecular weight excluding hydrogens is 316 g/mol. The minimum absolute atomic E-state index is 0.0663. The van der Waals surface area contributed by atoms with E-state index in [2.05, 4.69) is 6.92 Å². The fourth-order valence-corrected chi connectivity index (χ4v) is 3.18. The zero-order chi connectivity index (χ0) is 18.8. The molecular formula is C21H40O4. The monoisotopic (exact) mass is 356 g/mol. The lowest BCUT2D eigenvalue weighted by molar-refractivity contribution is -0.147. The van der Waals surface area contributed by atoms with Gasteiger partial charge in [0.05, 0.1) is 0 Å². The zero-order valence-electron chi connectivity index (χ0n) is 16.6. The molecule has 0 aromatic carbocycles. The summed E-state index contributed by atoms with van der Waals surface area (Å²) < 4.78 is 5.45. The Hall–Kier alpha value is -1.06. The summed E-state index contributed by atoms with van der Waals surface area (Å²) in [6.07, 6.45) is 17.6. The molecule has 1 unspecified atom stereocenters. The number of carbonyl (C=O) groups is 2. The van der Waals surface area contributed by atoms with Crippen LogP contribution in [0.4, 0.5) is 0 Å². The van der Waals surface area contributed by atoms with Crippen LogP contribution in [0.15, 0.2) is 0 Å². The molecule has 25 heavy (non-hydrogen) atoms. The van der Waals surface area contributed by atoms with Crippen molar-refractivity contribution in [2.24, 2.45) is 0 Å². The fourth-order valence-electron chi connectivity index (χ4n) is 3.18. The van der Waals surface area contributed by atoms with Crippen molar-refractivity contribution >= 4 is 11.9 Å². The van der Waals surface area contributed by atoms with Gasteiger partial charge < -0.3 is 9.84 Å². The van der Waals surface area contributed by atoms with Crippen LogP contribution in [-0.4, -0.2) is 23.1 Å². The van der Waals surface area contributed by atoms with Crippen LogP contribution in [0.1, 0.15) is 117 Å². The minimum Gasteiger partial charge on any atom is -0.481 e. The molecule has 4 nitrogen and oxygen atoms in total. The number of carboxylic acid groups (broad SMARTS) is 1. The summed E-state index contributed by atoms with van der Waals surface area (Å²) in [6, 6.07) is 0. The van der Waals surface area contributed by atoms with Crippen LogP contribution >= 0.6 is 0 Å². The maximum atomic E-state index is 11.2. The van der Waals surface area contributed by atoms with Crippen molar-refractivity contribution in [3.8, 4) is 0 Å². The van der Waals surface area contributed by atoms with E-state index in [1.807, 2.05) is 0 Å². The quantitative estimate of drug-likeness (QED) is 0.232. The van der Waals surface area contributed by atoms with Crippen LogP contribution in [0.5, 0.6) is 0 Å². The Bertz CT molecular complexity index is 328. The highest BCUT2D eigenvalue weighted by molar-refractivity contribution is 5.66. The summed E-state index contributed by atoms with van der Waals surface area (Å²) in [5.41, 5.74) is 0. The summed E-state index contributed by atoms with van der Waals surface area (Å²) in [5.74, 6) is -0.883. The number of esters is 1. The molecule has 0 bridgehead atoms. The lowest BCUT2D eigenvalue weighted by Crippen LogP contribution is -2.16. The molecule has 0 aromatic heterocycles. The molecule has 0 aliphatic rings. The van der Waals surface area contributed by atoms with Crippen molar-refractivity contribution in [3.05, 3.63) is 0 Å². The first-order chi connectivity index (χ1) is 12.1. The highest BCUT2D eigenvalue weighted by Crippen LogP contribution is 2.17. The molecule has 0 heterocycles. The van der Waals surface area contributed by atoms with Crippen LogP contribution in [-0.2, 0) is 14.3 Å². The Balaban J connectivity index is 3.65. The summed E-state index contributed by atoms with van der Waals surface area (Å²) >= 11 is 0. The molecule has 1 N–H and O–H groups in total. The molecule has 1 atom stereocenters. The first-order valence-corrected chi connectivity index (χ1v) is 10.4. The number of unbranched alkanes of at least 4 members (excludes halogenated alkanes) is 11. The van der Waals surface area contributed by atoms with Gasteiger partial charge in [-0.3, -0.25) is 9.59 Å². The average Bonchev–Trinajstić information content (AvgIpc) is 2.55. The standard InChI is InChI=1S/C21H40O4/c1-3-4-5-6-7-8-10-13-16-20(25-19(2)22)17-14-11-9-12-15-18-21(23)24/h20H,3-18H2,1-2H3,(H,23,24). The number of hydrogen-bond donors (Lipinski definition) is 1. The van der Waals surface area contributed by atoms with Crippen molar-refractivity contribution in [2.45, 2.75) is 123 Å². The van der Waals surface area contributed by atoms with Gasteiger partial charge in [0, 0.05) is 13.3 Å². The Morgan fingerprint density at radius 3 is 1.64 bits per heavy atom. The SMILES string of the molecule is CCCCCCCCCCC(CCCCCCCC(=O)O)OC(C)=O. The fraction of sp³-hybridized carbons (Fsp3) is 0.905. The second-order valence-corrected chi connectivity index (χ2v) is 7.20. The lowest BCUT2D eigenvalue weighted by Gasteiger charge is -2.17. The average molecular weight is 357 g/mol. The third kappa shape index (κ3) is 19.1. The first kappa shape index (κ1) is 23.9. The van der Waals surface area contributed by atoms with E-state index in [1.54, 1.807) is 0 Å². The maximum Gasteiger partial charge on any atom is 0.303 e.